The summed E-state index contributed by atoms with van der Waals surface area (Å²) in [6.45, 7) is 7.31. The van der Waals surface area contributed by atoms with Crippen molar-refractivity contribution in [3.05, 3.63) is 301 Å². The highest BCUT2D eigenvalue weighted by Crippen LogP contribution is 2.55. The van der Waals surface area contributed by atoms with Gasteiger partial charge in [0.15, 0.2) is 11.6 Å². The van der Waals surface area contributed by atoms with Crippen LogP contribution in [0.3, 0.4) is 0 Å². The molecule has 2 aliphatic rings. The lowest BCUT2D eigenvalue weighted by molar-refractivity contribution is 0.581. The van der Waals surface area contributed by atoms with E-state index in [1.807, 2.05) is 30.3 Å². The lowest BCUT2D eigenvalue weighted by atomic mass is 9.74. The van der Waals surface area contributed by atoms with Crippen LogP contribution < -0.4 is 0 Å². The average Bonchev–Trinajstić information content (AvgIpc) is 2.25. The Balaban J connectivity index is 0.765. The van der Waals surface area contributed by atoms with Crippen molar-refractivity contribution in [2.45, 2.75) is 38.0 Å². The summed E-state index contributed by atoms with van der Waals surface area (Å²) >= 11 is 0. The monoisotopic (exact) mass is 1100 g/mol. The minimum Gasteiger partial charge on any atom is -0.309 e. The standard InChI is InChI=1S/C80H56N6/c1-79(2)66-41-50(49-80(3)65-36-19-16-33-57(65)62-45-74-64(44-68(62)80)60-35-18-21-38-73(60)86(74)76-48-71(52-25-10-5-11-26-52)83-78(84-76)54-29-14-7-15-30-54)39-40-58(66)61-43-63-59-34-17-20-37-72(59)85(75(63)46-67(61)79)56-32-22-31-55(42-56)70-47-69(51-23-8-4-9-24-51)81-77(82-70)53-27-12-6-13-28-53/h4-48H,49H2,1-3H3. The van der Waals surface area contributed by atoms with E-state index in [1.54, 1.807) is 0 Å². The van der Waals surface area contributed by atoms with Crippen LogP contribution in [0.25, 0.3) is 134 Å². The van der Waals surface area contributed by atoms with Gasteiger partial charge in [-0.1, -0.05) is 233 Å². The van der Waals surface area contributed by atoms with E-state index in [9.17, 15) is 0 Å². The summed E-state index contributed by atoms with van der Waals surface area (Å²) < 4.78 is 4.82. The molecule has 0 saturated heterocycles. The molecular formula is C80H56N6. The molecule has 0 N–H and O–H groups in total. The van der Waals surface area contributed by atoms with Crippen molar-refractivity contribution in [2.75, 3.05) is 0 Å². The molecule has 15 aromatic rings. The van der Waals surface area contributed by atoms with E-state index >= 15 is 0 Å². The first kappa shape index (κ1) is 49.8. The largest absolute Gasteiger partial charge is 0.309 e. The molecule has 6 heteroatoms. The Labute approximate surface area is 499 Å². The molecule has 11 aromatic carbocycles. The molecule has 0 radical (unpaired) electrons. The fraction of sp³-hybridized carbons (Fsp3) is 0.0750. The third-order valence-corrected chi connectivity index (χ3v) is 18.6. The van der Waals surface area contributed by atoms with Crippen molar-refractivity contribution in [2.24, 2.45) is 0 Å². The third-order valence-electron chi connectivity index (χ3n) is 18.6. The average molecular weight is 1100 g/mol. The molecule has 0 bridgehead atoms. The number of nitrogens with zero attached hydrogens (tertiary/aromatic N) is 6. The Hall–Kier alpha value is -10.8. The van der Waals surface area contributed by atoms with Gasteiger partial charge in [-0.2, -0.15) is 0 Å². The van der Waals surface area contributed by atoms with Crippen LogP contribution in [0, 0.1) is 0 Å². The predicted octanol–water partition coefficient (Wildman–Crippen LogP) is 19.6. The van der Waals surface area contributed by atoms with Gasteiger partial charge >= 0.3 is 0 Å². The van der Waals surface area contributed by atoms with E-state index in [0.29, 0.717) is 11.6 Å². The van der Waals surface area contributed by atoms with Gasteiger partial charge in [0.25, 0.3) is 0 Å². The van der Waals surface area contributed by atoms with Gasteiger partial charge in [0.1, 0.15) is 5.82 Å². The van der Waals surface area contributed by atoms with Gasteiger partial charge in [0.2, 0.25) is 0 Å². The maximum Gasteiger partial charge on any atom is 0.162 e. The molecule has 0 fully saturated rings. The molecular weight excluding hydrogens is 1040 g/mol. The fourth-order valence-corrected chi connectivity index (χ4v) is 14.4. The van der Waals surface area contributed by atoms with E-state index < -0.39 is 0 Å². The van der Waals surface area contributed by atoms with Crippen LogP contribution in [0.5, 0.6) is 0 Å². The van der Waals surface area contributed by atoms with E-state index in [-0.39, 0.29) is 10.8 Å². The smallest absolute Gasteiger partial charge is 0.162 e. The van der Waals surface area contributed by atoms with Crippen LogP contribution in [0.2, 0.25) is 0 Å². The van der Waals surface area contributed by atoms with Crippen LogP contribution in [-0.2, 0) is 17.3 Å². The van der Waals surface area contributed by atoms with Crippen molar-refractivity contribution < 1.29 is 0 Å². The molecule has 0 amide bonds. The molecule has 6 nitrogen and oxygen atoms in total. The maximum atomic E-state index is 5.37. The van der Waals surface area contributed by atoms with Gasteiger partial charge in [-0.25, -0.2) is 19.9 Å². The quantitative estimate of drug-likeness (QED) is 0.144. The highest BCUT2D eigenvalue weighted by molar-refractivity contribution is 6.13. The molecule has 406 valence electrons. The fourth-order valence-electron chi connectivity index (χ4n) is 14.4. The van der Waals surface area contributed by atoms with Crippen LogP contribution in [0.15, 0.2) is 273 Å². The number of fused-ring (bicyclic) bond motifs is 12. The lowest BCUT2D eigenvalue weighted by Crippen LogP contribution is -2.24. The highest BCUT2D eigenvalue weighted by atomic mass is 15.1. The van der Waals surface area contributed by atoms with Gasteiger partial charge in [-0.15, -0.1) is 0 Å². The topological polar surface area (TPSA) is 61.4 Å². The van der Waals surface area contributed by atoms with E-state index in [0.717, 1.165) is 73.9 Å². The Morgan fingerprint density at radius 3 is 1.48 bits per heavy atom. The predicted molar refractivity (Wildman–Crippen MR) is 353 cm³/mol. The first-order valence-corrected chi connectivity index (χ1v) is 29.7. The van der Waals surface area contributed by atoms with Crippen molar-refractivity contribution in [1.82, 2.24) is 29.1 Å². The molecule has 0 spiro atoms. The van der Waals surface area contributed by atoms with E-state index in [1.165, 1.54) is 82.6 Å². The highest BCUT2D eigenvalue weighted by Gasteiger charge is 2.42. The minimum atomic E-state index is -0.318. The summed E-state index contributed by atoms with van der Waals surface area (Å²) in [7, 11) is 0. The zero-order valence-corrected chi connectivity index (χ0v) is 47.9. The van der Waals surface area contributed by atoms with E-state index in [2.05, 4.69) is 273 Å². The molecule has 0 saturated carbocycles. The number of para-hydroxylation sites is 2. The first-order chi connectivity index (χ1) is 42.2. The minimum absolute atomic E-state index is 0.275. The molecule has 17 rings (SSSR count). The zero-order chi connectivity index (χ0) is 57.3. The third kappa shape index (κ3) is 7.72. The molecule has 0 aliphatic heterocycles. The van der Waals surface area contributed by atoms with Crippen molar-refractivity contribution in [3.8, 4) is 90.3 Å². The number of rotatable bonds is 9. The number of benzene rings is 11. The van der Waals surface area contributed by atoms with Crippen molar-refractivity contribution >= 4 is 43.6 Å². The SMILES string of the molecule is CC1(C)c2cc(CC3(C)c4ccccc4-c4cc5c(cc43)c3ccccc3n5-c3cc(-c4ccccc4)nc(-c4ccccc4)n3)ccc2-c2cc3c4ccccc4n(-c4cccc(-c5cc(-c6ccccc6)nc(-c6ccccc6)n5)c4)c3cc21. The summed E-state index contributed by atoms with van der Waals surface area (Å²) in [6, 6.07) is 98.6. The van der Waals surface area contributed by atoms with Crippen LogP contribution >= 0.6 is 0 Å². The second kappa shape index (κ2) is 19.1. The van der Waals surface area contributed by atoms with E-state index in [4.69, 9.17) is 19.9 Å². The van der Waals surface area contributed by atoms with Gasteiger partial charge in [0, 0.05) is 71.9 Å². The molecule has 1 unspecified atom stereocenters. The second-order valence-electron chi connectivity index (χ2n) is 24.0. The van der Waals surface area contributed by atoms with Gasteiger partial charge in [-0.3, -0.25) is 4.57 Å². The molecule has 4 aromatic heterocycles. The molecule has 1 atom stereocenters. The first-order valence-electron chi connectivity index (χ1n) is 29.7. The molecule has 4 heterocycles. The van der Waals surface area contributed by atoms with Crippen LogP contribution in [0.1, 0.15) is 48.6 Å². The summed E-state index contributed by atoms with van der Waals surface area (Å²) in [5.74, 6) is 2.24. The number of aromatic nitrogens is 6. The lowest BCUT2D eigenvalue weighted by Gasteiger charge is -2.29. The molecule has 2 aliphatic carbocycles. The normalized spacial score (nSPS) is 14.6. The Bertz CT molecular complexity index is 5120. The summed E-state index contributed by atoms with van der Waals surface area (Å²) in [4.78, 5) is 20.9. The molecule has 86 heavy (non-hydrogen) atoms. The van der Waals surface area contributed by atoms with Gasteiger partial charge < -0.3 is 4.57 Å². The maximum absolute atomic E-state index is 5.37. The Morgan fingerprint density at radius 1 is 0.302 bits per heavy atom. The number of hydrogen-bond donors (Lipinski definition) is 0. The van der Waals surface area contributed by atoms with Crippen LogP contribution in [-0.4, -0.2) is 29.1 Å². The summed E-state index contributed by atoms with van der Waals surface area (Å²) in [6.07, 6.45) is 0.841. The van der Waals surface area contributed by atoms with Crippen molar-refractivity contribution in [3.63, 3.8) is 0 Å². The second-order valence-corrected chi connectivity index (χ2v) is 24.0. The van der Waals surface area contributed by atoms with Crippen LogP contribution in [0.4, 0.5) is 0 Å². The van der Waals surface area contributed by atoms with Gasteiger partial charge in [-0.05, 0) is 111 Å². The van der Waals surface area contributed by atoms with Gasteiger partial charge in [0.05, 0.1) is 39.1 Å². The van der Waals surface area contributed by atoms with Crippen molar-refractivity contribution in [1.29, 1.82) is 0 Å². The zero-order valence-electron chi connectivity index (χ0n) is 47.9. The Kier molecular flexibility index (Phi) is 11.1. The Morgan fingerprint density at radius 2 is 0.802 bits per heavy atom. The number of hydrogen-bond acceptors (Lipinski definition) is 4. The summed E-state index contributed by atoms with van der Waals surface area (Å²) in [5.41, 5.74) is 24.7. The summed E-state index contributed by atoms with van der Waals surface area (Å²) in [5, 5.41) is 4.88.